The van der Waals surface area contributed by atoms with Crippen molar-refractivity contribution in [2.75, 3.05) is 18.0 Å². The Bertz CT molecular complexity index is 445. The molecule has 1 atom stereocenters. The first kappa shape index (κ1) is 11.5. The highest BCUT2D eigenvalue weighted by molar-refractivity contribution is 5.94. The summed E-state index contributed by atoms with van der Waals surface area (Å²) in [5, 5.41) is 10.5. The molecule has 1 saturated heterocycles. The van der Waals surface area contributed by atoms with Gasteiger partial charge in [-0.25, -0.2) is 4.98 Å². The molecule has 1 fully saturated rings. The molecule has 17 heavy (non-hydrogen) atoms. The van der Waals surface area contributed by atoms with Gasteiger partial charge in [0.2, 0.25) is 5.91 Å². The Hall–Kier alpha value is -2.02. The van der Waals surface area contributed by atoms with Crippen LogP contribution in [0.3, 0.4) is 0 Å². The van der Waals surface area contributed by atoms with Crippen molar-refractivity contribution >= 4 is 17.4 Å². The topological polar surface area (TPSA) is 102 Å². The second-order valence-electron chi connectivity index (χ2n) is 3.94. The SMILES string of the molecule is NCC1CC(=O)N(c2ccc([N+](=O)[O-])cn2)C1. The van der Waals surface area contributed by atoms with Crippen LogP contribution in [0.5, 0.6) is 0 Å². The lowest BCUT2D eigenvalue weighted by Gasteiger charge is -2.14. The van der Waals surface area contributed by atoms with Crippen molar-refractivity contribution in [3.8, 4) is 0 Å². The van der Waals surface area contributed by atoms with Crippen molar-refractivity contribution in [3.05, 3.63) is 28.4 Å². The number of nitrogens with zero attached hydrogens (tertiary/aromatic N) is 3. The zero-order valence-corrected chi connectivity index (χ0v) is 9.07. The van der Waals surface area contributed by atoms with E-state index in [0.717, 1.165) is 6.20 Å². The molecule has 90 valence electrons. The summed E-state index contributed by atoms with van der Waals surface area (Å²) in [6, 6.07) is 2.82. The minimum atomic E-state index is -0.523. The van der Waals surface area contributed by atoms with Gasteiger partial charge < -0.3 is 5.73 Å². The Balaban J connectivity index is 2.18. The molecule has 2 rings (SSSR count). The number of aromatic nitrogens is 1. The largest absolute Gasteiger partial charge is 0.330 e. The zero-order valence-electron chi connectivity index (χ0n) is 9.07. The fraction of sp³-hybridized carbons (Fsp3) is 0.400. The predicted molar refractivity (Wildman–Crippen MR) is 60.4 cm³/mol. The van der Waals surface area contributed by atoms with Crippen LogP contribution in [0.4, 0.5) is 11.5 Å². The Labute approximate surface area is 97.4 Å². The maximum Gasteiger partial charge on any atom is 0.287 e. The molecule has 0 aromatic carbocycles. The van der Waals surface area contributed by atoms with Gasteiger partial charge >= 0.3 is 0 Å². The third-order valence-electron chi connectivity index (χ3n) is 2.76. The van der Waals surface area contributed by atoms with Gasteiger partial charge in [0.1, 0.15) is 12.0 Å². The molecule has 2 heterocycles. The van der Waals surface area contributed by atoms with Gasteiger partial charge in [-0.3, -0.25) is 19.8 Å². The van der Waals surface area contributed by atoms with E-state index < -0.39 is 4.92 Å². The van der Waals surface area contributed by atoms with E-state index in [2.05, 4.69) is 4.98 Å². The van der Waals surface area contributed by atoms with Crippen molar-refractivity contribution in [2.24, 2.45) is 11.7 Å². The van der Waals surface area contributed by atoms with Crippen LogP contribution in [0.15, 0.2) is 18.3 Å². The van der Waals surface area contributed by atoms with Gasteiger partial charge in [-0.15, -0.1) is 0 Å². The molecule has 0 radical (unpaired) electrons. The second-order valence-corrected chi connectivity index (χ2v) is 3.94. The number of nitro groups is 1. The Morgan fingerprint density at radius 1 is 1.59 bits per heavy atom. The summed E-state index contributed by atoms with van der Waals surface area (Å²) in [6.07, 6.45) is 1.56. The van der Waals surface area contributed by atoms with Crippen molar-refractivity contribution in [1.29, 1.82) is 0 Å². The van der Waals surface area contributed by atoms with E-state index >= 15 is 0 Å². The van der Waals surface area contributed by atoms with Gasteiger partial charge in [0.25, 0.3) is 5.69 Å². The van der Waals surface area contributed by atoms with Crippen LogP contribution in [0, 0.1) is 16.0 Å². The first-order valence-electron chi connectivity index (χ1n) is 5.22. The third-order valence-corrected chi connectivity index (χ3v) is 2.76. The molecule has 0 bridgehead atoms. The number of carbonyl (C=O) groups is 1. The molecule has 0 aliphatic carbocycles. The molecule has 2 N–H and O–H groups in total. The average Bonchev–Trinajstić information content (AvgIpc) is 2.71. The average molecular weight is 236 g/mol. The summed E-state index contributed by atoms with van der Waals surface area (Å²) in [4.78, 5) is 27.0. The zero-order chi connectivity index (χ0) is 12.4. The van der Waals surface area contributed by atoms with E-state index in [9.17, 15) is 14.9 Å². The number of anilines is 1. The van der Waals surface area contributed by atoms with Crippen molar-refractivity contribution < 1.29 is 9.72 Å². The van der Waals surface area contributed by atoms with E-state index in [1.54, 1.807) is 0 Å². The van der Waals surface area contributed by atoms with Gasteiger partial charge in [-0.1, -0.05) is 0 Å². The minimum absolute atomic E-state index is 0.0400. The maximum absolute atomic E-state index is 11.7. The lowest BCUT2D eigenvalue weighted by Crippen LogP contribution is -2.26. The maximum atomic E-state index is 11.7. The number of amides is 1. The monoisotopic (exact) mass is 236 g/mol. The number of hydrogen-bond acceptors (Lipinski definition) is 5. The number of hydrogen-bond donors (Lipinski definition) is 1. The molecule has 0 saturated carbocycles. The van der Waals surface area contributed by atoms with E-state index in [1.165, 1.54) is 17.0 Å². The smallest absolute Gasteiger partial charge is 0.287 e. The van der Waals surface area contributed by atoms with Crippen LogP contribution < -0.4 is 10.6 Å². The van der Waals surface area contributed by atoms with E-state index in [-0.39, 0.29) is 17.5 Å². The van der Waals surface area contributed by atoms with E-state index in [4.69, 9.17) is 5.73 Å². The van der Waals surface area contributed by atoms with Crippen LogP contribution in [0.25, 0.3) is 0 Å². The molecule has 0 spiro atoms. The number of pyridine rings is 1. The third kappa shape index (κ3) is 2.23. The molecular formula is C10H12N4O3. The normalized spacial score (nSPS) is 19.7. The standard InChI is InChI=1S/C10H12N4O3/c11-4-7-3-10(15)13(6-7)9-2-1-8(5-12-9)14(16)17/h1-2,5,7H,3-4,6,11H2. The van der Waals surface area contributed by atoms with Crippen LogP contribution in [-0.4, -0.2) is 28.9 Å². The second kappa shape index (κ2) is 4.46. The molecule has 1 unspecified atom stereocenters. The summed E-state index contributed by atoms with van der Waals surface area (Å²) in [5.74, 6) is 0.540. The fourth-order valence-corrected chi connectivity index (χ4v) is 1.81. The summed E-state index contributed by atoms with van der Waals surface area (Å²) in [7, 11) is 0. The van der Waals surface area contributed by atoms with Gasteiger partial charge in [-0.2, -0.15) is 0 Å². The van der Waals surface area contributed by atoms with Crippen LogP contribution in [0.1, 0.15) is 6.42 Å². The summed E-state index contributed by atoms with van der Waals surface area (Å²) < 4.78 is 0. The van der Waals surface area contributed by atoms with Crippen LogP contribution in [0.2, 0.25) is 0 Å². The van der Waals surface area contributed by atoms with Gasteiger partial charge in [0, 0.05) is 19.0 Å². The molecule has 7 heteroatoms. The predicted octanol–water partition coefficient (Wildman–Crippen LogP) is 0.301. The van der Waals surface area contributed by atoms with Crippen molar-refractivity contribution in [3.63, 3.8) is 0 Å². The summed E-state index contributed by atoms with van der Waals surface area (Å²) >= 11 is 0. The lowest BCUT2D eigenvalue weighted by molar-refractivity contribution is -0.385. The highest BCUT2D eigenvalue weighted by atomic mass is 16.6. The van der Waals surface area contributed by atoms with Gasteiger partial charge in [-0.05, 0) is 18.5 Å². The lowest BCUT2D eigenvalue weighted by atomic mass is 10.1. The number of carbonyl (C=O) groups excluding carboxylic acids is 1. The molecule has 1 aromatic heterocycles. The summed E-state index contributed by atoms with van der Waals surface area (Å²) in [5.41, 5.74) is 5.42. The van der Waals surface area contributed by atoms with Gasteiger partial charge in [0.05, 0.1) is 4.92 Å². The van der Waals surface area contributed by atoms with Crippen LogP contribution in [-0.2, 0) is 4.79 Å². The fourth-order valence-electron chi connectivity index (χ4n) is 1.81. The molecule has 1 aliphatic rings. The van der Waals surface area contributed by atoms with Crippen LogP contribution >= 0.6 is 0 Å². The quantitative estimate of drug-likeness (QED) is 0.600. The molecule has 7 nitrogen and oxygen atoms in total. The Morgan fingerprint density at radius 2 is 2.35 bits per heavy atom. The molecular weight excluding hydrogens is 224 g/mol. The minimum Gasteiger partial charge on any atom is -0.330 e. The van der Waals surface area contributed by atoms with E-state index in [1.807, 2.05) is 0 Å². The number of rotatable bonds is 3. The molecule has 1 aliphatic heterocycles. The highest BCUT2D eigenvalue weighted by Gasteiger charge is 2.30. The molecule has 1 aromatic rings. The Morgan fingerprint density at radius 3 is 2.82 bits per heavy atom. The van der Waals surface area contributed by atoms with Crippen molar-refractivity contribution in [2.45, 2.75) is 6.42 Å². The molecule has 1 amide bonds. The summed E-state index contributed by atoms with van der Waals surface area (Å²) in [6.45, 7) is 0.982. The first-order chi connectivity index (χ1) is 8.11. The first-order valence-corrected chi connectivity index (χ1v) is 5.22. The van der Waals surface area contributed by atoms with E-state index in [0.29, 0.717) is 25.3 Å². The highest BCUT2D eigenvalue weighted by Crippen LogP contribution is 2.23. The van der Waals surface area contributed by atoms with Gasteiger partial charge in [0.15, 0.2) is 0 Å². The number of nitrogens with two attached hydrogens (primary N) is 1. The van der Waals surface area contributed by atoms with Crippen molar-refractivity contribution in [1.82, 2.24) is 4.98 Å². The Kier molecular flexibility index (Phi) is 3.01.